The number of nitrogens with one attached hydrogen (secondary N) is 1. The fourth-order valence-electron chi connectivity index (χ4n) is 2.52. The molecule has 4 nitrogen and oxygen atoms in total. The molecule has 0 radical (unpaired) electrons. The number of rotatable bonds is 3. The number of nitrogens with zero attached hydrogens (tertiary/aromatic N) is 2. The van der Waals surface area contributed by atoms with Crippen molar-refractivity contribution in [3.63, 3.8) is 0 Å². The van der Waals surface area contributed by atoms with E-state index in [2.05, 4.69) is 32.8 Å². The molecule has 0 fully saturated rings. The van der Waals surface area contributed by atoms with Gasteiger partial charge in [0, 0.05) is 22.7 Å². The third-order valence-electron chi connectivity index (χ3n) is 3.56. The summed E-state index contributed by atoms with van der Waals surface area (Å²) in [5, 5.41) is 16.0. The predicted molar refractivity (Wildman–Crippen MR) is 101 cm³/mol. The van der Waals surface area contributed by atoms with Crippen LogP contribution in [0.2, 0.25) is 0 Å². The van der Waals surface area contributed by atoms with Crippen LogP contribution in [0.3, 0.4) is 0 Å². The lowest BCUT2D eigenvalue weighted by Gasteiger charge is -2.08. The van der Waals surface area contributed by atoms with Crippen LogP contribution in [0.4, 0.5) is 11.5 Å². The standard InChI is InChI=1S/C18H13N3OS.ClH/c22-14-8-4-7-13(9-14)21-17-16-15(12-5-2-1-3-6-12)10-23-18(16)20-11-19-17;/h1-11,22H,(H,19,20,21);1H. The Hall–Kier alpha value is -2.63. The lowest BCUT2D eigenvalue weighted by molar-refractivity contribution is 0.475. The number of fused-ring (bicyclic) bond motifs is 1. The van der Waals surface area contributed by atoms with Gasteiger partial charge in [0.15, 0.2) is 0 Å². The first kappa shape index (κ1) is 16.2. The highest BCUT2D eigenvalue weighted by Gasteiger charge is 2.13. The van der Waals surface area contributed by atoms with Crippen molar-refractivity contribution in [3.05, 3.63) is 66.3 Å². The van der Waals surface area contributed by atoms with Crippen molar-refractivity contribution in [2.75, 3.05) is 5.32 Å². The average Bonchev–Trinajstić information content (AvgIpc) is 3.01. The molecule has 0 amide bonds. The van der Waals surface area contributed by atoms with Crippen molar-refractivity contribution in [2.45, 2.75) is 0 Å². The Morgan fingerprint density at radius 1 is 0.958 bits per heavy atom. The fourth-order valence-corrected chi connectivity index (χ4v) is 3.44. The van der Waals surface area contributed by atoms with E-state index in [0.717, 1.165) is 32.8 Å². The van der Waals surface area contributed by atoms with E-state index in [-0.39, 0.29) is 18.2 Å². The number of anilines is 2. The highest BCUT2D eigenvalue weighted by Crippen LogP contribution is 2.37. The molecular formula is C18H14ClN3OS. The number of thiophene rings is 1. The van der Waals surface area contributed by atoms with E-state index in [4.69, 9.17) is 0 Å². The van der Waals surface area contributed by atoms with Crippen molar-refractivity contribution in [2.24, 2.45) is 0 Å². The summed E-state index contributed by atoms with van der Waals surface area (Å²) in [6.45, 7) is 0. The van der Waals surface area contributed by atoms with E-state index in [1.165, 1.54) is 0 Å². The molecule has 0 saturated heterocycles. The number of hydrogen-bond acceptors (Lipinski definition) is 5. The molecule has 0 atom stereocenters. The molecule has 2 heterocycles. The number of hydrogen-bond donors (Lipinski definition) is 2. The van der Waals surface area contributed by atoms with Crippen molar-refractivity contribution in [1.82, 2.24) is 9.97 Å². The van der Waals surface area contributed by atoms with Gasteiger partial charge in [-0.15, -0.1) is 23.7 Å². The molecule has 0 spiro atoms. The second kappa shape index (κ2) is 6.86. The SMILES string of the molecule is Cl.Oc1cccc(Nc2ncnc3scc(-c4ccccc4)c23)c1. The van der Waals surface area contributed by atoms with Gasteiger partial charge in [-0.25, -0.2) is 9.97 Å². The summed E-state index contributed by atoms with van der Waals surface area (Å²) in [5.74, 6) is 0.953. The second-order valence-electron chi connectivity index (χ2n) is 5.09. The lowest BCUT2D eigenvalue weighted by Crippen LogP contribution is -1.95. The molecule has 0 aliphatic carbocycles. The van der Waals surface area contributed by atoms with Gasteiger partial charge in [-0.05, 0) is 17.7 Å². The van der Waals surface area contributed by atoms with Crippen molar-refractivity contribution >= 4 is 45.5 Å². The maximum atomic E-state index is 9.63. The Balaban J connectivity index is 0.00000169. The van der Waals surface area contributed by atoms with Crippen LogP contribution in [-0.2, 0) is 0 Å². The zero-order valence-corrected chi connectivity index (χ0v) is 14.1. The predicted octanol–water partition coefficient (Wildman–Crippen LogP) is 5.23. The number of aromatic hydroxyl groups is 1. The largest absolute Gasteiger partial charge is 0.508 e. The Kier molecular flexibility index (Phi) is 4.64. The zero-order chi connectivity index (χ0) is 15.6. The molecule has 120 valence electrons. The summed E-state index contributed by atoms with van der Waals surface area (Å²) in [4.78, 5) is 9.69. The van der Waals surface area contributed by atoms with Crippen LogP contribution in [0.1, 0.15) is 0 Å². The third kappa shape index (κ3) is 3.04. The Morgan fingerprint density at radius 2 is 1.79 bits per heavy atom. The Bertz CT molecular complexity index is 972. The molecule has 2 aromatic heterocycles. The van der Waals surface area contributed by atoms with Crippen LogP contribution in [0, 0.1) is 0 Å². The maximum absolute atomic E-state index is 9.63. The molecule has 0 aliphatic rings. The Labute approximate surface area is 149 Å². The van der Waals surface area contributed by atoms with Crippen LogP contribution in [0.5, 0.6) is 5.75 Å². The van der Waals surface area contributed by atoms with Crippen molar-refractivity contribution in [3.8, 4) is 16.9 Å². The summed E-state index contributed by atoms with van der Waals surface area (Å²) < 4.78 is 0. The van der Waals surface area contributed by atoms with Gasteiger partial charge in [0.05, 0.1) is 5.39 Å². The fraction of sp³-hybridized carbons (Fsp3) is 0. The van der Waals surface area contributed by atoms with Gasteiger partial charge < -0.3 is 10.4 Å². The molecule has 0 bridgehead atoms. The van der Waals surface area contributed by atoms with Crippen molar-refractivity contribution < 1.29 is 5.11 Å². The molecule has 0 unspecified atom stereocenters. The molecule has 2 N–H and O–H groups in total. The highest BCUT2D eigenvalue weighted by molar-refractivity contribution is 7.17. The van der Waals surface area contributed by atoms with Gasteiger partial charge in [-0.1, -0.05) is 36.4 Å². The smallest absolute Gasteiger partial charge is 0.143 e. The number of benzene rings is 2. The minimum absolute atomic E-state index is 0. The van der Waals surface area contributed by atoms with Gasteiger partial charge in [-0.3, -0.25) is 0 Å². The summed E-state index contributed by atoms with van der Waals surface area (Å²) in [6.07, 6.45) is 1.55. The lowest BCUT2D eigenvalue weighted by atomic mass is 10.1. The normalized spacial score (nSPS) is 10.3. The quantitative estimate of drug-likeness (QED) is 0.528. The summed E-state index contributed by atoms with van der Waals surface area (Å²) in [7, 11) is 0. The van der Waals surface area contributed by atoms with Crippen LogP contribution in [0.15, 0.2) is 66.3 Å². The maximum Gasteiger partial charge on any atom is 0.143 e. The minimum Gasteiger partial charge on any atom is -0.508 e. The van der Waals surface area contributed by atoms with E-state index in [0.29, 0.717) is 0 Å². The van der Waals surface area contributed by atoms with Gasteiger partial charge in [0.1, 0.15) is 22.7 Å². The molecule has 6 heteroatoms. The van der Waals surface area contributed by atoms with Gasteiger partial charge in [0.25, 0.3) is 0 Å². The monoisotopic (exact) mass is 355 g/mol. The second-order valence-corrected chi connectivity index (χ2v) is 5.95. The van der Waals surface area contributed by atoms with E-state index < -0.39 is 0 Å². The van der Waals surface area contributed by atoms with Crippen LogP contribution < -0.4 is 5.32 Å². The van der Waals surface area contributed by atoms with Gasteiger partial charge in [0.2, 0.25) is 0 Å². The van der Waals surface area contributed by atoms with Crippen molar-refractivity contribution in [1.29, 1.82) is 0 Å². The van der Waals surface area contributed by atoms with Gasteiger partial charge in [-0.2, -0.15) is 0 Å². The number of halogens is 1. The van der Waals surface area contributed by atoms with E-state index in [1.54, 1.807) is 35.9 Å². The van der Waals surface area contributed by atoms with E-state index >= 15 is 0 Å². The summed E-state index contributed by atoms with van der Waals surface area (Å²) >= 11 is 1.60. The third-order valence-corrected chi connectivity index (χ3v) is 4.45. The molecule has 4 rings (SSSR count). The molecule has 0 aliphatic heterocycles. The highest BCUT2D eigenvalue weighted by atomic mass is 35.5. The van der Waals surface area contributed by atoms with E-state index in [1.807, 2.05) is 24.3 Å². The average molecular weight is 356 g/mol. The molecule has 24 heavy (non-hydrogen) atoms. The van der Waals surface area contributed by atoms with Crippen LogP contribution in [0.25, 0.3) is 21.3 Å². The minimum atomic E-state index is 0. The summed E-state index contributed by atoms with van der Waals surface area (Å²) in [5.41, 5.74) is 3.02. The first-order valence-electron chi connectivity index (χ1n) is 7.15. The Morgan fingerprint density at radius 3 is 2.58 bits per heavy atom. The zero-order valence-electron chi connectivity index (χ0n) is 12.5. The molecular weight excluding hydrogens is 342 g/mol. The molecule has 2 aromatic carbocycles. The summed E-state index contributed by atoms with van der Waals surface area (Å²) in [6, 6.07) is 17.2. The number of aromatic nitrogens is 2. The number of phenols is 1. The first-order chi connectivity index (χ1) is 11.3. The van der Waals surface area contributed by atoms with Crippen LogP contribution >= 0.6 is 23.7 Å². The van der Waals surface area contributed by atoms with Crippen LogP contribution in [-0.4, -0.2) is 15.1 Å². The van der Waals surface area contributed by atoms with Gasteiger partial charge >= 0.3 is 0 Å². The molecule has 0 saturated carbocycles. The molecule has 4 aromatic rings. The number of phenolic OH excluding ortho intramolecular Hbond substituents is 1. The first-order valence-corrected chi connectivity index (χ1v) is 8.03. The topological polar surface area (TPSA) is 58.0 Å². The van der Waals surface area contributed by atoms with E-state index in [9.17, 15) is 5.11 Å².